The molecule has 130 valence electrons. The number of aliphatic hydroxyl groups is 3. The molecule has 5 atom stereocenters. The van der Waals surface area contributed by atoms with Crippen LogP contribution in [0, 0.1) is 0 Å². The van der Waals surface area contributed by atoms with Gasteiger partial charge in [0.15, 0.2) is 6.29 Å². The monoisotopic (exact) mass is 337 g/mol. The molecule has 2 heterocycles. The molecule has 0 radical (unpaired) electrons. The molecule has 0 aliphatic carbocycles. The summed E-state index contributed by atoms with van der Waals surface area (Å²) >= 11 is 0. The number of methoxy groups -OCH3 is 1. The fourth-order valence-corrected chi connectivity index (χ4v) is 2.67. The van der Waals surface area contributed by atoms with E-state index in [-0.39, 0.29) is 6.54 Å². The van der Waals surface area contributed by atoms with Crippen molar-refractivity contribution in [1.29, 1.82) is 0 Å². The summed E-state index contributed by atoms with van der Waals surface area (Å²) in [5.41, 5.74) is 0.649. The first-order valence-corrected chi connectivity index (χ1v) is 7.50. The van der Waals surface area contributed by atoms with Crippen LogP contribution in [-0.4, -0.2) is 59.7 Å². The molecule has 8 nitrogen and oxygen atoms in total. The van der Waals surface area contributed by atoms with Gasteiger partial charge in [0.05, 0.1) is 0 Å². The molecule has 4 N–H and O–H groups in total. The Hall–Kier alpha value is -1.97. The van der Waals surface area contributed by atoms with E-state index in [1.54, 1.807) is 24.3 Å². The van der Waals surface area contributed by atoms with Crippen molar-refractivity contribution in [3.8, 4) is 0 Å². The van der Waals surface area contributed by atoms with Gasteiger partial charge in [-0.25, -0.2) is 4.79 Å². The summed E-state index contributed by atoms with van der Waals surface area (Å²) in [4.78, 5) is 11.3. The zero-order chi connectivity index (χ0) is 17.3. The Morgan fingerprint density at radius 1 is 1.12 bits per heavy atom. The van der Waals surface area contributed by atoms with Gasteiger partial charge in [0.2, 0.25) is 0 Å². The van der Waals surface area contributed by atoms with Gasteiger partial charge in [-0.3, -0.25) is 0 Å². The molecule has 1 saturated heterocycles. The van der Waals surface area contributed by atoms with Crippen LogP contribution in [0.15, 0.2) is 39.5 Å². The lowest BCUT2D eigenvalue weighted by Crippen LogP contribution is -2.59. The molecule has 1 aromatic heterocycles. The largest absolute Gasteiger partial charge is 0.423 e. The topological polar surface area (TPSA) is 121 Å². The first-order chi connectivity index (χ1) is 11.5. The molecule has 1 fully saturated rings. The summed E-state index contributed by atoms with van der Waals surface area (Å²) in [5, 5.41) is 33.4. The summed E-state index contributed by atoms with van der Waals surface area (Å²) in [6.07, 6.45) is -5.77. The first-order valence-electron chi connectivity index (χ1n) is 7.50. The molecule has 0 amide bonds. The van der Waals surface area contributed by atoms with E-state index in [1.807, 2.05) is 0 Å². The van der Waals surface area contributed by atoms with Crippen molar-refractivity contribution in [2.45, 2.75) is 30.7 Å². The van der Waals surface area contributed by atoms with E-state index in [0.29, 0.717) is 11.3 Å². The normalized spacial score (nSPS) is 30.4. The molecule has 2 aromatic rings. The van der Waals surface area contributed by atoms with Gasteiger partial charge < -0.3 is 34.5 Å². The summed E-state index contributed by atoms with van der Waals surface area (Å²) in [6.45, 7) is 0.160. The molecule has 1 aromatic carbocycles. The maximum Gasteiger partial charge on any atom is 0.336 e. The molecule has 0 bridgehead atoms. The second kappa shape index (κ2) is 6.88. The maximum absolute atomic E-state index is 11.3. The summed E-state index contributed by atoms with van der Waals surface area (Å²) in [6, 6.07) is 8.25. The van der Waals surface area contributed by atoms with E-state index in [9.17, 15) is 20.1 Å². The number of fused-ring (bicyclic) bond motifs is 1. The van der Waals surface area contributed by atoms with Gasteiger partial charge in [0.25, 0.3) is 0 Å². The van der Waals surface area contributed by atoms with Gasteiger partial charge in [-0.1, -0.05) is 0 Å². The molecular weight excluding hydrogens is 318 g/mol. The van der Waals surface area contributed by atoms with E-state index < -0.39 is 36.3 Å². The minimum atomic E-state index is -1.37. The summed E-state index contributed by atoms with van der Waals surface area (Å²) in [5.74, 6) is 0. The highest BCUT2D eigenvalue weighted by Crippen LogP contribution is 2.23. The fraction of sp³-hybridized carbons (Fsp3) is 0.438. The minimum absolute atomic E-state index is 0.160. The molecule has 0 saturated carbocycles. The SMILES string of the molecule is CO[C@H]1OC(CNc2ccc3ccc(=O)oc3c2)[C@@H](O)C(O)C1O. The van der Waals surface area contributed by atoms with E-state index in [1.165, 1.54) is 13.2 Å². The van der Waals surface area contributed by atoms with Crippen LogP contribution in [-0.2, 0) is 9.47 Å². The molecular formula is C16H19NO7. The number of benzene rings is 1. The standard InChI is InChI=1S/C16H19NO7/c1-22-16-15(21)14(20)13(19)11(24-16)7-17-9-4-2-8-3-5-12(18)23-10(8)6-9/h2-6,11,13-17,19-21H,7H2,1H3/t11?,13-,14?,15?,16+/m1/s1. The van der Waals surface area contributed by atoms with E-state index in [2.05, 4.69) is 5.32 Å². The van der Waals surface area contributed by atoms with Gasteiger partial charge in [-0.2, -0.15) is 0 Å². The highest BCUT2D eigenvalue weighted by molar-refractivity contribution is 5.80. The number of anilines is 1. The van der Waals surface area contributed by atoms with Crippen LogP contribution < -0.4 is 10.9 Å². The van der Waals surface area contributed by atoms with Crippen molar-refractivity contribution < 1.29 is 29.2 Å². The predicted octanol–water partition coefficient (Wildman–Crippen LogP) is -0.341. The lowest BCUT2D eigenvalue weighted by molar-refractivity contribution is -0.286. The lowest BCUT2D eigenvalue weighted by atomic mass is 9.99. The fourth-order valence-electron chi connectivity index (χ4n) is 2.67. The quantitative estimate of drug-likeness (QED) is 0.559. The molecule has 0 spiro atoms. The Morgan fingerprint density at radius 2 is 1.88 bits per heavy atom. The van der Waals surface area contributed by atoms with Gasteiger partial charge in [-0.05, 0) is 18.2 Å². The van der Waals surface area contributed by atoms with Crippen LogP contribution in [0.2, 0.25) is 0 Å². The van der Waals surface area contributed by atoms with Crippen molar-refractivity contribution in [2.24, 2.45) is 0 Å². The van der Waals surface area contributed by atoms with Crippen LogP contribution in [0.1, 0.15) is 0 Å². The Bertz CT molecular complexity index is 759. The third-order valence-electron chi connectivity index (χ3n) is 4.03. The predicted molar refractivity (Wildman–Crippen MR) is 84.7 cm³/mol. The van der Waals surface area contributed by atoms with Crippen LogP contribution in [0.4, 0.5) is 5.69 Å². The van der Waals surface area contributed by atoms with Crippen LogP contribution in [0.5, 0.6) is 0 Å². The van der Waals surface area contributed by atoms with Crippen LogP contribution >= 0.6 is 0 Å². The Morgan fingerprint density at radius 3 is 2.62 bits per heavy atom. The van der Waals surface area contributed by atoms with Crippen molar-refractivity contribution in [1.82, 2.24) is 0 Å². The Kier molecular flexibility index (Phi) is 4.83. The number of hydrogen-bond donors (Lipinski definition) is 4. The van der Waals surface area contributed by atoms with Crippen LogP contribution in [0.3, 0.4) is 0 Å². The number of hydrogen-bond acceptors (Lipinski definition) is 8. The third kappa shape index (κ3) is 3.28. The number of ether oxygens (including phenoxy) is 2. The molecule has 3 rings (SSSR count). The molecule has 1 aliphatic heterocycles. The minimum Gasteiger partial charge on any atom is -0.423 e. The van der Waals surface area contributed by atoms with Gasteiger partial charge in [-0.15, -0.1) is 0 Å². The second-order valence-corrected chi connectivity index (χ2v) is 5.64. The lowest BCUT2D eigenvalue weighted by Gasteiger charge is -2.39. The average Bonchev–Trinajstić information content (AvgIpc) is 2.58. The summed E-state index contributed by atoms with van der Waals surface area (Å²) < 4.78 is 15.5. The number of aliphatic hydroxyl groups excluding tert-OH is 3. The first kappa shape index (κ1) is 16.9. The smallest absolute Gasteiger partial charge is 0.336 e. The molecule has 8 heteroatoms. The van der Waals surface area contributed by atoms with Crippen LogP contribution in [0.25, 0.3) is 11.0 Å². The van der Waals surface area contributed by atoms with Crippen molar-refractivity contribution in [2.75, 3.05) is 19.0 Å². The van der Waals surface area contributed by atoms with Gasteiger partial charge in [0.1, 0.15) is 30.0 Å². The second-order valence-electron chi connectivity index (χ2n) is 5.64. The number of rotatable bonds is 4. The Balaban J connectivity index is 1.71. The zero-order valence-corrected chi connectivity index (χ0v) is 13.0. The average molecular weight is 337 g/mol. The van der Waals surface area contributed by atoms with Crippen molar-refractivity contribution >= 4 is 16.7 Å². The van der Waals surface area contributed by atoms with Gasteiger partial charge >= 0.3 is 5.63 Å². The van der Waals surface area contributed by atoms with Crippen molar-refractivity contribution in [3.05, 3.63) is 40.8 Å². The van der Waals surface area contributed by atoms with Crippen molar-refractivity contribution in [3.63, 3.8) is 0 Å². The molecule has 3 unspecified atom stereocenters. The van der Waals surface area contributed by atoms with E-state index in [4.69, 9.17) is 13.9 Å². The highest BCUT2D eigenvalue weighted by Gasteiger charge is 2.43. The number of nitrogens with one attached hydrogen (secondary N) is 1. The summed E-state index contributed by atoms with van der Waals surface area (Å²) in [7, 11) is 1.34. The third-order valence-corrected chi connectivity index (χ3v) is 4.03. The molecule has 1 aliphatic rings. The maximum atomic E-state index is 11.3. The molecule has 24 heavy (non-hydrogen) atoms. The van der Waals surface area contributed by atoms with E-state index >= 15 is 0 Å². The van der Waals surface area contributed by atoms with E-state index in [0.717, 1.165) is 5.39 Å². The highest BCUT2D eigenvalue weighted by atomic mass is 16.7. The van der Waals surface area contributed by atoms with Gasteiger partial charge in [0, 0.05) is 36.9 Å². The zero-order valence-electron chi connectivity index (χ0n) is 13.0. The Labute approximate surface area is 137 Å².